The van der Waals surface area contributed by atoms with Gasteiger partial charge in [-0.2, -0.15) is 5.26 Å². The highest BCUT2D eigenvalue weighted by Gasteiger charge is 2.15. The lowest BCUT2D eigenvalue weighted by molar-refractivity contribution is 0.0636. The number of nitrogens with zero attached hydrogens (tertiary/aromatic N) is 1. The van der Waals surface area contributed by atoms with Gasteiger partial charge in [0.05, 0.1) is 6.07 Å². The van der Waals surface area contributed by atoms with Crippen molar-refractivity contribution in [1.82, 2.24) is 0 Å². The molecule has 1 N–H and O–H groups in total. The quantitative estimate of drug-likeness (QED) is 0.888. The van der Waals surface area contributed by atoms with Crippen molar-refractivity contribution < 1.29 is 9.53 Å². The highest BCUT2D eigenvalue weighted by atomic mass is 16.6. The molecule has 1 rings (SSSR count). The first-order valence-corrected chi connectivity index (χ1v) is 5.86. The van der Waals surface area contributed by atoms with Gasteiger partial charge in [-0.3, -0.25) is 5.32 Å². The van der Waals surface area contributed by atoms with Crippen molar-refractivity contribution in [3.8, 4) is 6.07 Å². The zero-order chi connectivity index (χ0) is 13.6. The second-order valence-corrected chi connectivity index (χ2v) is 4.98. The molecule has 0 heterocycles. The van der Waals surface area contributed by atoms with Crippen LogP contribution in [0, 0.1) is 11.3 Å². The van der Waals surface area contributed by atoms with Crippen molar-refractivity contribution in [1.29, 1.82) is 5.26 Å². The van der Waals surface area contributed by atoms with E-state index >= 15 is 0 Å². The molecule has 0 saturated carbocycles. The summed E-state index contributed by atoms with van der Waals surface area (Å²) < 4.78 is 5.14. The largest absolute Gasteiger partial charge is 0.444 e. The second kappa shape index (κ2) is 6.06. The van der Waals surface area contributed by atoms with Crippen LogP contribution in [0.25, 0.3) is 0 Å². The van der Waals surface area contributed by atoms with Crippen molar-refractivity contribution in [2.45, 2.75) is 39.2 Å². The van der Waals surface area contributed by atoms with E-state index in [2.05, 4.69) is 11.4 Å². The molecule has 0 aliphatic heterocycles. The number of amides is 1. The molecule has 0 saturated heterocycles. The summed E-state index contributed by atoms with van der Waals surface area (Å²) in [4.78, 5) is 11.5. The summed E-state index contributed by atoms with van der Waals surface area (Å²) in [6, 6.07) is 9.49. The molecule has 0 atom stereocenters. The van der Waals surface area contributed by atoms with Gasteiger partial charge in [-0.1, -0.05) is 12.1 Å². The molecular weight excluding hydrogens is 228 g/mol. The summed E-state index contributed by atoms with van der Waals surface area (Å²) in [5.74, 6) is 0. The van der Waals surface area contributed by atoms with E-state index in [0.29, 0.717) is 12.1 Å². The van der Waals surface area contributed by atoms with Crippen LogP contribution in [0.2, 0.25) is 0 Å². The average molecular weight is 246 g/mol. The van der Waals surface area contributed by atoms with Crippen LogP contribution >= 0.6 is 0 Å². The lowest BCUT2D eigenvalue weighted by atomic mass is 10.1. The third-order valence-electron chi connectivity index (χ3n) is 2.12. The van der Waals surface area contributed by atoms with Gasteiger partial charge < -0.3 is 4.74 Å². The van der Waals surface area contributed by atoms with Gasteiger partial charge in [0.15, 0.2) is 0 Å². The number of carbonyl (C=O) groups excluding carboxylic acids is 1. The molecule has 0 aliphatic rings. The molecule has 0 aliphatic carbocycles. The Hall–Kier alpha value is -2.02. The summed E-state index contributed by atoms with van der Waals surface area (Å²) in [6.45, 7) is 5.45. The predicted molar refractivity (Wildman–Crippen MR) is 70.2 cm³/mol. The highest BCUT2D eigenvalue weighted by Crippen LogP contribution is 2.13. The monoisotopic (exact) mass is 246 g/mol. The summed E-state index contributed by atoms with van der Waals surface area (Å²) in [5, 5.41) is 11.1. The number of hydrogen-bond donors (Lipinski definition) is 1. The Bertz CT molecular complexity index is 438. The zero-order valence-electron chi connectivity index (χ0n) is 11.0. The Labute approximate surface area is 108 Å². The summed E-state index contributed by atoms with van der Waals surface area (Å²) in [6.07, 6.45) is 0.759. The molecule has 0 aromatic heterocycles. The van der Waals surface area contributed by atoms with Crippen molar-refractivity contribution in [3.63, 3.8) is 0 Å². The SMILES string of the molecule is CC(C)(C)OC(=O)Nc1ccc(CCC#N)cc1. The first-order chi connectivity index (χ1) is 8.40. The number of nitrogens with one attached hydrogen (secondary N) is 1. The number of aryl methyl sites for hydroxylation is 1. The van der Waals surface area contributed by atoms with E-state index in [1.165, 1.54) is 0 Å². The van der Waals surface area contributed by atoms with E-state index in [9.17, 15) is 4.79 Å². The predicted octanol–water partition coefficient (Wildman–Crippen LogP) is 3.49. The molecule has 0 bridgehead atoms. The number of nitriles is 1. The maximum absolute atomic E-state index is 11.5. The van der Waals surface area contributed by atoms with Crippen LogP contribution in [0.4, 0.5) is 10.5 Å². The van der Waals surface area contributed by atoms with Gasteiger partial charge in [0.2, 0.25) is 0 Å². The van der Waals surface area contributed by atoms with Crippen molar-refractivity contribution >= 4 is 11.8 Å². The number of hydrogen-bond acceptors (Lipinski definition) is 3. The molecule has 18 heavy (non-hydrogen) atoms. The van der Waals surface area contributed by atoms with E-state index in [4.69, 9.17) is 10.00 Å². The Morgan fingerprint density at radius 2 is 1.94 bits per heavy atom. The highest BCUT2D eigenvalue weighted by molar-refractivity contribution is 5.84. The van der Waals surface area contributed by atoms with Gasteiger partial charge in [-0.25, -0.2) is 4.79 Å². The molecule has 0 radical (unpaired) electrons. The van der Waals surface area contributed by atoms with Gasteiger partial charge in [0.25, 0.3) is 0 Å². The van der Waals surface area contributed by atoms with Crippen LogP contribution in [0.5, 0.6) is 0 Å². The third kappa shape index (κ3) is 5.35. The molecule has 0 spiro atoms. The van der Waals surface area contributed by atoms with E-state index < -0.39 is 11.7 Å². The van der Waals surface area contributed by atoms with E-state index in [-0.39, 0.29) is 0 Å². The fraction of sp³-hybridized carbons (Fsp3) is 0.429. The number of ether oxygens (including phenoxy) is 1. The Morgan fingerprint density at radius 1 is 1.33 bits per heavy atom. The maximum Gasteiger partial charge on any atom is 0.412 e. The van der Waals surface area contributed by atoms with E-state index in [0.717, 1.165) is 12.0 Å². The fourth-order valence-corrected chi connectivity index (χ4v) is 1.38. The minimum atomic E-state index is -0.503. The van der Waals surface area contributed by atoms with Crippen molar-refractivity contribution in [2.75, 3.05) is 5.32 Å². The van der Waals surface area contributed by atoms with Crippen LogP contribution < -0.4 is 5.32 Å². The van der Waals surface area contributed by atoms with Crippen molar-refractivity contribution in [2.24, 2.45) is 0 Å². The molecule has 1 amide bonds. The summed E-state index contributed by atoms with van der Waals surface area (Å²) >= 11 is 0. The van der Waals surface area contributed by atoms with Gasteiger partial charge in [0.1, 0.15) is 5.60 Å². The molecule has 96 valence electrons. The van der Waals surface area contributed by atoms with Gasteiger partial charge in [-0.15, -0.1) is 0 Å². The van der Waals surface area contributed by atoms with Crippen LogP contribution in [-0.4, -0.2) is 11.7 Å². The number of anilines is 1. The molecule has 0 fully saturated rings. The van der Waals surface area contributed by atoms with Crippen LogP contribution in [0.3, 0.4) is 0 Å². The molecule has 1 aromatic rings. The molecule has 4 nitrogen and oxygen atoms in total. The first kappa shape index (κ1) is 14.0. The van der Waals surface area contributed by atoms with E-state index in [1.807, 2.05) is 32.9 Å². The fourth-order valence-electron chi connectivity index (χ4n) is 1.38. The normalized spacial score (nSPS) is 10.6. The number of rotatable bonds is 3. The topological polar surface area (TPSA) is 62.1 Å². The Kier molecular flexibility index (Phi) is 4.73. The smallest absolute Gasteiger partial charge is 0.412 e. The molecular formula is C14H18N2O2. The number of benzene rings is 1. The molecule has 1 aromatic carbocycles. The summed E-state index contributed by atoms with van der Waals surface area (Å²) in [5.41, 5.74) is 1.26. The third-order valence-corrected chi connectivity index (χ3v) is 2.12. The van der Waals surface area contributed by atoms with Crippen LogP contribution in [0.15, 0.2) is 24.3 Å². The van der Waals surface area contributed by atoms with Gasteiger partial charge in [0, 0.05) is 12.1 Å². The maximum atomic E-state index is 11.5. The zero-order valence-corrected chi connectivity index (χ0v) is 11.0. The minimum absolute atomic E-state index is 0.465. The molecule has 4 heteroatoms. The van der Waals surface area contributed by atoms with Crippen LogP contribution in [-0.2, 0) is 11.2 Å². The Balaban J connectivity index is 2.54. The first-order valence-electron chi connectivity index (χ1n) is 5.86. The number of carbonyl (C=O) groups is 1. The standard InChI is InChI=1S/C14H18N2O2/c1-14(2,3)18-13(17)16-12-8-6-11(7-9-12)5-4-10-15/h6-9H,4-5H2,1-3H3,(H,16,17). The lowest BCUT2D eigenvalue weighted by Gasteiger charge is -2.19. The Morgan fingerprint density at radius 3 is 2.44 bits per heavy atom. The minimum Gasteiger partial charge on any atom is -0.444 e. The van der Waals surface area contributed by atoms with Crippen LogP contribution in [0.1, 0.15) is 32.8 Å². The second-order valence-electron chi connectivity index (χ2n) is 4.98. The van der Waals surface area contributed by atoms with Crippen molar-refractivity contribution in [3.05, 3.63) is 29.8 Å². The van der Waals surface area contributed by atoms with E-state index in [1.54, 1.807) is 12.1 Å². The lowest BCUT2D eigenvalue weighted by Crippen LogP contribution is -2.27. The molecule has 0 unspecified atom stereocenters. The van der Waals surface area contributed by atoms with Gasteiger partial charge in [-0.05, 0) is 44.9 Å². The average Bonchev–Trinajstić information content (AvgIpc) is 2.25. The van der Waals surface area contributed by atoms with Gasteiger partial charge >= 0.3 is 6.09 Å². The summed E-state index contributed by atoms with van der Waals surface area (Å²) in [7, 11) is 0.